The summed E-state index contributed by atoms with van der Waals surface area (Å²) in [6.45, 7) is 2.30. The number of hydrogen-bond donors (Lipinski definition) is 0. The van der Waals surface area contributed by atoms with Crippen molar-refractivity contribution in [1.29, 1.82) is 0 Å². The van der Waals surface area contributed by atoms with E-state index in [4.69, 9.17) is 5.10 Å². The fourth-order valence-electron chi connectivity index (χ4n) is 4.91. The van der Waals surface area contributed by atoms with E-state index in [1.807, 2.05) is 41.2 Å². The van der Waals surface area contributed by atoms with E-state index in [0.717, 1.165) is 60.9 Å². The fourth-order valence-corrected chi connectivity index (χ4v) is 4.91. The number of amides is 1. The van der Waals surface area contributed by atoms with Crippen molar-refractivity contribution < 1.29 is 4.79 Å². The normalized spacial score (nSPS) is 19.6. The molecule has 30 heavy (non-hydrogen) atoms. The Kier molecular flexibility index (Phi) is 3.88. The van der Waals surface area contributed by atoms with E-state index >= 15 is 0 Å². The van der Waals surface area contributed by atoms with Gasteiger partial charge in [0.2, 0.25) is 5.91 Å². The predicted molar refractivity (Wildman–Crippen MR) is 111 cm³/mol. The third kappa shape index (κ3) is 2.79. The monoisotopic (exact) mass is 402 g/mol. The first-order chi connectivity index (χ1) is 14.7. The van der Waals surface area contributed by atoms with Crippen molar-refractivity contribution in [3.8, 4) is 11.5 Å². The first kappa shape index (κ1) is 17.9. The molecular formula is C23H26N6O. The van der Waals surface area contributed by atoms with Crippen molar-refractivity contribution in [2.45, 2.75) is 50.6 Å². The quantitative estimate of drug-likeness (QED) is 0.658. The second kappa shape index (κ2) is 6.52. The van der Waals surface area contributed by atoms with E-state index < -0.39 is 0 Å². The van der Waals surface area contributed by atoms with Crippen LogP contribution >= 0.6 is 0 Å². The lowest BCUT2D eigenvalue weighted by Crippen LogP contribution is -2.42. The van der Waals surface area contributed by atoms with Crippen LogP contribution in [0.2, 0.25) is 0 Å². The van der Waals surface area contributed by atoms with Crippen LogP contribution in [0.4, 0.5) is 0 Å². The van der Waals surface area contributed by atoms with Crippen molar-refractivity contribution in [2.24, 2.45) is 13.0 Å². The standard InChI is InChI=1S/C23H26N6O/c1-27-19-9-12-28(22(30)23(10-11-23)17-5-3-2-4-6-17)14-18(19)20(26-27)21-25-24-15-29(21)13-16-7-8-16/h2-6,15-16H,7-14H2,1H3. The molecule has 1 aromatic carbocycles. The minimum Gasteiger partial charge on any atom is -0.337 e. The van der Waals surface area contributed by atoms with Crippen LogP contribution in [0.1, 0.15) is 42.5 Å². The van der Waals surface area contributed by atoms with Crippen molar-refractivity contribution in [2.75, 3.05) is 6.54 Å². The highest BCUT2D eigenvalue weighted by Crippen LogP contribution is 2.50. The lowest BCUT2D eigenvalue weighted by molar-refractivity contribution is -0.134. The molecule has 0 atom stereocenters. The highest BCUT2D eigenvalue weighted by molar-refractivity contribution is 5.91. The van der Waals surface area contributed by atoms with Gasteiger partial charge in [0.1, 0.15) is 12.0 Å². The summed E-state index contributed by atoms with van der Waals surface area (Å²) in [5.74, 6) is 1.82. The molecule has 0 N–H and O–H groups in total. The third-order valence-electron chi connectivity index (χ3n) is 6.99. The van der Waals surface area contributed by atoms with Crippen LogP contribution < -0.4 is 0 Å². The summed E-state index contributed by atoms with van der Waals surface area (Å²) in [5.41, 5.74) is 4.04. The van der Waals surface area contributed by atoms with E-state index in [1.54, 1.807) is 0 Å². The molecule has 0 spiro atoms. The molecule has 0 bridgehead atoms. The molecule has 1 aliphatic heterocycles. The van der Waals surface area contributed by atoms with Crippen LogP contribution in [0.5, 0.6) is 0 Å². The number of benzene rings is 1. The number of nitrogens with zero attached hydrogens (tertiary/aromatic N) is 6. The van der Waals surface area contributed by atoms with Gasteiger partial charge in [0, 0.05) is 44.4 Å². The Bertz CT molecular complexity index is 1110. The Hall–Kier alpha value is -2.96. The van der Waals surface area contributed by atoms with Crippen molar-refractivity contribution in [3.05, 3.63) is 53.5 Å². The molecule has 2 fully saturated rings. The molecule has 3 aliphatic rings. The predicted octanol–water partition coefficient (Wildman–Crippen LogP) is 2.71. The Morgan fingerprint density at radius 1 is 1.20 bits per heavy atom. The number of rotatable bonds is 5. The smallest absolute Gasteiger partial charge is 0.233 e. The third-order valence-corrected chi connectivity index (χ3v) is 6.99. The van der Waals surface area contributed by atoms with Crippen molar-refractivity contribution in [1.82, 2.24) is 29.4 Å². The summed E-state index contributed by atoms with van der Waals surface area (Å²) >= 11 is 0. The Labute approximate surface area is 175 Å². The summed E-state index contributed by atoms with van der Waals surface area (Å²) in [5, 5.41) is 13.4. The molecule has 154 valence electrons. The van der Waals surface area contributed by atoms with Crippen LogP contribution in [-0.2, 0) is 36.8 Å². The fraction of sp³-hybridized carbons (Fsp3) is 0.478. The van der Waals surface area contributed by atoms with Gasteiger partial charge in [-0.25, -0.2) is 0 Å². The Morgan fingerprint density at radius 3 is 2.73 bits per heavy atom. The number of carbonyl (C=O) groups excluding carboxylic acids is 1. The molecule has 7 nitrogen and oxygen atoms in total. The molecule has 0 saturated heterocycles. The highest BCUT2D eigenvalue weighted by Gasteiger charge is 2.53. The zero-order valence-electron chi connectivity index (χ0n) is 17.3. The van der Waals surface area contributed by atoms with Gasteiger partial charge < -0.3 is 9.47 Å². The average Bonchev–Trinajstić information content (AvgIpc) is 3.69. The van der Waals surface area contributed by atoms with E-state index in [-0.39, 0.29) is 11.3 Å². The molecule has 2 saturated carbocycles. The maximum absolute atomic E-state index is 13.6. The van der Waals surface area contributed by atoms with Crippen LogP contribution in [-0.4, -0.2) is 41.9 Å². The zero-order chi connectivity index (χ0) is 20.3. The van der Waals surface area contributed by atoms with Crippen molar-refractivity contribution >= 4 is 5.91 Å². The molecule has 3 heterocycles. The second-order valence-electron chi connectivity index (χ2n) is 9.07. The van der Waals surface area contributed by atoms with E-state index in [0.29, 0.717) is 6.54 Å². The van der Waals surface area contributed by atoms with Gasteiger partial charge in [-0.1, -0.05) is 30.3 Å². The van der Waals surface area contributed by atoms with Gasteiger partial charge in [-0.05, 0) is 37.2 Å². The van der Waals surface area contributed by atoms with E-state index in [9.17, 15) is 4.79 Å². The molecule has 2 aliphatic carbocycles. The molecule has 0 radical (unpaired) electrons. The molecule has 0 unspecified atom stereocenters. The summed E-state index contributed by atoms with van der Waals surface area (Å²) in [7, 11) is 1.99. The molecule has 6 rings (SSSR count). The first-order valence-electron chi connectivity index (χ1n) is 10.9. The SMILES string of the molecule is Cn1nc(-c2nncn2CC2CC2)c2c1CCN(C(=O)C1(c3ccccc3)CC1)C2. The molecule has 2 aromatic heterocycles. The van der Waals surface area contributed by atoms with Gasteiger partial charge >= 0.3 is 0 Å². The van der Waals surface area contributed by atoms with Crippen LogP contribution in [0, 0.1) is 5.92 Å². The highest BCUT2D eigenvalue weighted by atomic mass is 16.2. The topological polar surface area (TPSA) is 68.8 Å². The largest absolute Gasteiger partial charge is 0.337 e. The molecule has 3 aromatic rings. The van der Waals surface area contributed by atoms with Gasteiger partial charge in [-0.3, -0.25) is 9.48 Å². The van der Waals surface area contributed by atoms with Crippen LogP contribution in [0.3, 0.4) is 0 Å². The zero-order valence-corrected chi connectivity index (χ0v) is 17.3. The minimum absolute atomic E-state index is 0.258. The number of aromatic nitrogens is 5. The summed E-state index contributed by atoms with van der Waals surface area (Å²) < 4.78 is 4.10. The Morgan fingerprint density at radius 2 is 2.00 bits per heavy atom. The number of fused-ring (bicyclic) bond motifs is 1. The number of aryl methyl sites for hydroxylation is 1. The van der Waals surface area contributed by atoms with Gasteiger partial charge in [-0.2, -0.15) is 5.10 Å². The van der Waals surface area contributed by atoms with Crippen LogP contribution in [0.15, 0.2) is 36.7 Å². The lowest BCUT2D eigenvalue weighted by atomic mass is 9.93. The summed E-state index contributed by atoms with van der Waals surface area (Å²) in [6, 6.07) is 10.3. The average molecular weight is 403 g/mol. The van der Waals surface area contributed by atoms with Gasteiger partial charge in [0.25, 0.3) is 0 Å². The maximum atomic E-state index is 13.6. The lowest BCUT2D eigenvalue weighted by Gasteiger charge is -2.31. The molecule has 7 heteroatoms. The Balaban J connectivity index is 1.32. The second-order valence-corrected chi connectivity index (χ2v) is 9.07. The molecular weight excluding hydrogens is 376 g/mol. The summed E-state index contributed by atoms with van der Waals surface area (Å²) in [6.07, 6.45) is 7.08. The summed E-state index contributed by atoms with van der Waals surface area (Å²) in [4.78, 5) is 15.6. The van der Waals surface area contributed by atoms with Crippen LogP contribution in [0.25, 0.3) is 11.5 Å². The van der Waals surface area contributed by atoms with Gasteiger partial charge in [-0.15, -0.1) is 10.2 Å². The maximum Gasteiger partial charge on any atom is 0.233 e. The van der Waals surface area contributed by atoms with Gasteiger partial charge in [0.05, 0.1) is 5.41 Å². The molecule has 1 amide bonds. The number of carbonyl (C=O) groups is 1. The number of hydrogen-bond acceptors (Lipinski definition) is 4. The van der Waals surface area contributed by atoms with Crippen molar-refractivity contribution in [3.63, 3.8) is 0 Å². The van der Waals surface area contributed by atoms with Gasteiger partial charge in [0.15, 0.2) is 5.82 Å². The first-order valence-corrected chi connectivity index (χ1v) is 10.9. The minimum atomic E-state index is -0.326. The van der Waals surface area contributed by atoms with E-state index in [2.05, 4.69) is 26.9 Å². The van der Waals surface area contributed by atoms with E-state index in [1.165, 1.54) is 18.5 Å².